The van der Waals surface area contributed by atoms with Gasteiger partial charge in [-0.25, -0.2) is 0 Å². The van der Waals surface area contributed by atoms with E-state index in [2.05, 4.69) is 65.0 Å². The van der Waals surface area contributed by atoms with Gasteiger partial charge in [0.05, 0.1) is 0 Å². The monoisotopic (exact) mass is 309 g/mol. The van der Waals surface area contributed by atoms with Gasteiger partial charge >= 0.3 is 0 Å². The van der Waals surface area contributed by atoms with Crippen molar-refractivity contribution < 1.29 is 0 Å². The molecule has 0 amide bonds. The van der Waals surface area contributed by atoms with Crippen LogP contribution in [0.3, 0.4) is 0 Å². The van der Waals surface area contributed by atoms with E-state index in [1.54, 1.807) is 0 Å². The summed E-state index contributed by atoms with van der Waals surface area (Å²) >= 11 is 5.27. The minimum absolute atomic E-state index is 0.652. The van der Waals surface area contributed by atoms with Crippen molar-refractivity contribution in [2.45, 2.75) is 13.8 Å². The van der Waals surface area contributed by atoms with Crippen molar-refractivity contribution in [1.82, 2.24) is 10.3 Å². The molecule has 4 heteroatoms. The lowest BCUT2D eigenvalue weighted by Crippen LogP contribution is -2.27. The lowest BCUT2D eigenvalue weighted by molar-refractivity contribution is 0.979. The molecule has 2 aromatic carbocycles. The minimum Gasteiger partial charge on any atom is -0.363 e. The van der Waals surface area contributed by atoms with E-state index >= 15 is 0 Å². The SMILES string of the molecule is CCNC(=S)Nc1cc(C)cc(-c2cccc3[nH]ccc23)c1. The number of H-pyrrole nitrogens is 1. The number of thiocarbonyl (C=S) groups is 1. The van der Waals surface area contributed by atoms with Crippen molar-refractivity contribution in [2.75, 3.05) is 11.9 Å². The number of fused-ring (bicyclic) bond motifs is 1. The van der Waals surface area contributed by atoms with Crippen LogP contribution in [0, 0.1) is 6.92 Å². The first kappa shape index (κ1) is 14.6. The van der Waals surface area contributed by atoms with E-state index in [4.69, 9.17) is 12.2 Å². The molecule has 3 nitrogen and oxygen atoms in total. The molecule has 112 valence electrons. The number of aryl methyl sites for hydroxylation is 1. The van der Waals surface area contributed by atoms with Gasteiger partial charge in [-0.2, -0.15) is 0 Å². The summed E-state index contributed by atoms with van der Waals surface area (Å²) in [7, 11) is 0. The Bertz CT molecular complexity index is 820. The number of hydrogen-bond acceptors (Lipinski definition) is 1. The number of aromatic amines is 1. The Morgan fingerprint density at radius 2 is 2.05 bits per heavy atom. The maximum absolute atomic E-state index is 5.27. The first-order chi connectivity index (χ1) is 10.7. The highest BCUT2D eigenvalue weighted by Crippen LogP contribution is 2.30. The van der Waals surface area contributed by atoms with Crippen LogP contribution in [0.1, 0.15) is 12.5 Å². The van der Waals surface area contributed by atoms with Crippen molar-refractivity contribution in [2.24, 2.45) is 0 Å². The third-order valence-corrected chi connectivity index (χ3v) is 3.82. The Kier molecular flexibility index (Phi) is 4.11. The predicted octanol–water partition coefficient (Wildman–Crippen LogP) is 4.45. The highest BCUT2D eigenvalue weighted by atomic mass is 32.1. The molecule has 0 aliphatic carbocycles. The van der Waals surface area contributed by atoms with Gasteiger partial charge in [0.25, 0.3) is 0 Å². The average Bonchev–Trinajstić information content (AvgIpc) is 2.95. The second-order valence-electron chi connectivity index (χ2n) is 5.32. The fourth-order valence-electron chi connectivity index (χ4n) is 2.68. The van der Waals surface area contributed by atoms with Crippen LogP contribution in [0.15, 0.2) is 48.7 Å². The number of benzene rings is 2. The van der Waals surface area contributed by atoms with Crippen molar-refractivity contribution in [3.63, 3.8) is 0 Å². The molecule has 22 heavy (non-hydrogen) atoms. The zero-order valence-corrected chi connectivity index (χ0v) is 13.6. The van der Waals surface area contributed by atoms with Gasteiger partial charge in [-0.15, -0.1) is 0 Å². The fraction of sp³-hybridized carbons (Fsp3) is 0.167. The molecular weight excluding hydrogens is 290 g/mol. The molecule has 0 atom stereocenters. The predicted molar refractivity (Wildman–Crippen MR) is 98.4 cm³/mol. The van der Waals surface area contributed by atoms with Gasteiger partial charge < -0.3 is 15.6 Å². The van der Waals surface area contributed by atoms with Crippen LogP contribution < -0.4 is 10.6 Å². The van der Waals surface area contributed by atoms with E-state index in [1.807, 2.05) is 13.1 Å². The van der Waals surface area contributed by atoms with Crippen LogP contribution in [0.5, 0.6) is 0 Å². The van der Waals surface area contributed by atoms with Crippen LogP contribution in [-0.2, 0) is 0 Å². The first-order valence-electron chi connectivity index (χ1n) is 7.40. The molecule has 0 aliphatic rings. The summed E-state index contributed by atoms with van der Waals surface area (Å²) in [4.78, 5) is 3.26. The van der Waals surface area contributed by atoms with Crippen LogP contribution in [0.25, 0.3) is 22.0 Å². The molecule has 1 aromatic heterocycles. The summed E-state index contributed by atoms with van der Waals surface area (Å²) in [6.07, 6.45) is 1.98. The van der Waals surface area contributed by atoms with Gasteiger partial charge in [0.2, 0.25) is 0 Å². The van der Waals surface area contributed by atoms with E-state index in [1.165, 1.54) is 22.1 Å². The second kappa shape index (κ2) is 6.20. The molecule has 0 fully saturated rings. The van der Waals surface area contributed by atoms with E-state index in [9.17, 15) is 0 Å². The lowest BCUT2D eigenvalue weighted by Gasteiger charge is -2.12. The number of aromatic nitrogens is 1. The van der Waals surface area contributed by atoms with E-state index in [0.717, 1.165) is 17.7 Å². The molecule has 1 heterocycles. The lowest BCUT2D eigenvalue weighted by atomic mass is 9.99. The normalized spacial score (nSPS) is 10.6. The summed E-state index contributed by atoms with van der Waals surface area (Å²) in [6.45, 7) is 4.94. The first-order valence-corrected chi connectivity index (χ1v) is 7.81. The number of nitrogens with one attached hydrogen (secondary N) is 3. The van der Waals surface area contributed by atoms with Crippen LogP contribution in [0.2, 0.25) is 0 Å². The van der Waals surface area contributed by atoms with Gasteiger partial charge in [-0.3, -0.25) is 0 Å². The standard InChI is InChI=1S/C18H19N3S/c1-3-19-18(22)21-14-10-12(2)9-13(11-14)15-5-4-6-17-16(15)7-8-20-17/h4-11,20H,3H2,1-2H3,(H2,19,21,22). The zero-order chi connectivity index (χ0) is 15.5. The van der Waals surface area contributed by atoms with Gasteiger partial charge in [0.15, 0.2) is 5.11 Å². The Hall–Kier alpha value is -2.33. The molecule has 0 radical (unpaired) electrons. The molecule has 0 aliphatic heterocycles. The molecule has 3 N–H and O–H groups in total. The van der Waals surface area contributed by atoms with Crippen molar-refractivity contribution in [1.29, 1.82) is 0 Å². The fourth-order valence-corrected chi connectivity index (χ4v) is 2.95. The van der Waals surface area contributed by atoms with Crippen LogP contribution >= 0.6 is 12.2 Å². The maximum Gasteiger partial charge on any atom is 0.170 e. The molecule has 0 saturated heterocycles. The number of anilines is 1. The van der Waals surface area contributed by atoms with Crippen molar-refractivity contribution in [3.8, 4) is 11.1 Å². The topological polar surface area (TPSA) is 39.8 Å². The van der Waals surface area contributed by atoms with E-state index in [-0.39, 0.29) is 0 Å². The molecule has 0 spiro atoms. The van der Waals surface area contributed by atoms with Gasteiger partial charge in [0, 0.05) is 29.3 Å². The van der Waals surface area contributed by atoms with Crippen LogP contribution in [-0.4, -0.2) is 16.6 Å². The smallest absolute Gasteiger partial charge is 0.170 e. The second-order valence-corrected chi connectivity index (χ2v) is 5.72. The maximum atomic E-state index is 5.27. The number of hydrogen-bond donors (Lipinski definition) is 3. The number of rotatable bonds is 3. The molecular formula is C18H19N3S. The largest absolute Gasteiger partial charge is 0.363 e. The molecule has 0 unspecified atom stereocenters. The Morgan fingerprint density at radius 3 is 2.86 bits per heavy atom. The van der Waals surface area contributed by atoms with E-state index in [0.29, 0.717) is 5.11 Å². The highest BCUT2D eigenvalue weighted by molar-refractivity contribution is 7.80. The van der Waals surface area contributed by atoms with E-state index < -0.39 is 0 Å². The Labute approximate surface area is 135 Å². The molecule has 3 aromatic rings. The third kappa shape index (κ3) is 2.97. The van der Waals surface area contributed by atoms with Crippen LogP contribution in [0.4, 0.5) is 5.69 Å². The third-order valence-electron chi connectivity index (χ3n) is 3.58. The highest BCUT2D eigenvalue weighted by Gasteiger charge is 2.07. The van der Waals surface area contributed by atoms with Gasteiger partial charge in [0.1, 0.15) is 0 Å². The molecule has 0 saturated carbocycles. The summed E-state index contributed by atoms with van der Waals surface area (Å²) < 4.78 is 0. The van der Waals surface area contributed by atoms with Crippen molar-refractivity contribution in [3.05, 3.63) is 54.2 Å². The zero-order valence-electron chi connectivity index (χ0n) is 12.7. The van der Waals surface area contributed by atoms with Gasteiger partial charge in [-0.05, 0) is 67.0 Å². The van der Waals surface area contributed by atoms with Gasteiger partial charge in [-0.1, -0.05) is 18.2 Å². The van der Waals surface area contributed by atoms with Crippen molar-refractivity contribution >= 4 is 33.9 Å². The minimum atomic E-state index is 0.652. The summed E-state index contributed by atoms with van der Waals surface area (Å²) in [5, 5.41) is 8.24. The Balaban J connectivity index is 2.02. The average molecular weight is 309 g/mol. The Morgan fingerprint density at radius 1 is 1.18 bits per heavy atom. The summed E-state index contributed by atoms with van der Waals surface area (Å²) in [5.41, 5.74) is 5.77. The molecule has 3 rings (SSSR count). The summed E-state index contributed by atoms with van der Waals surface area (Å²) in [5.74, 6) is 0. The molecule has 0 bridgehead atoms. The quantitative estimate of drug-likeness (QED) is 0.626. The summed E-state index contributed by atoms with van der Waals surface area (Å²) in [6, 6.07) is 14.9.